The number of nitrogens with two attached hydrogens (primary N) is 1. The maximum atomic E-state index is 5.74. The van der Waals surface area contributed by atoms with Crippen molar-refractivity contribution in [3.8, 4) is 0 Å². The van der Waals surface area contributed by atoms with E-state index in [2.05, 4.69) is 21.4 Å². The van der Waals surface area contributed by atoms with Crippen LogP contribution in [0.15, 0.2) is 24.3 Å². The predicted molar refractivity (Wildman–Crippen MR) is 82.7 cm³/mol. The molecule has 0 bridgehead atoms. The Labute approximate surface area is 119 Å². The number of fused-ring (bicyclic) bond motifs is 1. The van der Waals surface area contributed by atoms with Gasteiger partial charge in [-0.1, -0.05) is 18.2 Å². The Morgan fingerprint density at radius 1 is 1.15 bits per heavy atom. The fourth-order valence-electron chi connectivity index (χ4n) is 3.02. The van der Waals surface area contributed by atoms with E-state index in [9.17, 15) is 0 Å². The molecule has 20 heavy (non-hydrogen) atoms. The molecule has 0 aliphatic heterocycles. The second kappa shape index (κ2) is 5.75. The highest BCUT2D eigenvalue weighted by Crippen LogP contribution is 2.25. The van der Waals surface area contributed by atoms with Crippen LogP contribution >= 0.6 is 0 Å². The summed E-state index contributed by atoms with van der Waals surface area (Å²) in [6, 6.07) is 8.64. The van der Waals surface area contributed by atoms with Crippen molar-refractivity contribution in [2.24, 2.45) is 11.7 Å². The number of aromatic nitrogens is 2. The van der Waals surface area contributed by atoms with Crippen LogP contribution < -0.4 is 11.1 Å². The maximum Gasteiger partial charge on any atom is 0.223 e. The van der Waals surface area contributed by atoms with Crippen LogP contribution in [-0.4, -0.2) is 22.6 Å². The van der Waals surface area contributed by atoms with Crippen molar-refractivity contribution in [3.05, 3.63) is 30.0 Å². The molecule has 0 radical (unpaired) electrons. The number of hydrogen-bond acceptors (Lipinski definition) is 4. The molecular weight excluding hydrogens is 248 g/mol. The predicted octanol–water partition coefficient (Wildman–Crippen LogP) is 2.87. The van der Waals surface area contributed by atoms with Crippen LogP contribution in [0.3, 0.4) is 0 Å². The number of nitrogens with one attached hydrogen (secondary N) is 1. The van der Waals surface area contributed by atoms with Crippen molar-refractivity contribution in [1.29, 1.82) is 0 Å². The molecule has 0 amide bonds. The van der Waals surface area contributed by atoms with E-state index in [1.54, 1.807) is 0 Å². The first kappa shape index (κ1) is 13.3. The lowest BCUT2D eigenvalue weighted by atomic mass is 9.86. The summed E-state index contributed by atoms with van der Waals surface area (Å²) in [6.07, 6.45) is 4.75. The molecule has 1 aromatic carbocycles. The summed E-state index contributed by atoms with van der Waals surface area (Å²) in [5, 5.41) is 4.62. The number of rotatable bonds is 3. The van der Waals surface area contributed by atoms with Gasteiger partial charge in [-0.2, -0.15) is 0 Å². The molecule has 1 aliphatic carbocycles. The van der Waals surface area contributed by atoms with Gasteiger partial charge < -0.3 is 11.1 Å². The Bertz CT molecular complexity index is 588. The van der Waals surface area contributed by atoms with Gasteiger partial charge in [0.2, 0.25) is 5.95 Å². The number of para-hydroxylation sites is 1. The highest BCUT2D eigenvalue weighted by molar-refractivity contribution is 5.81. The number of nitrogens with zero attached hydrogens (tertiary/aromatic N) is 2. The molecule has 4 nitrogen and oxygen atoms in total. The highest BCUT2D eigenvalue weighted by Gasteiger charge is 2.20. The molecule has 1 aliphatic rings. The van der Waals surface area contributed by atoms with Crippen LogP contribution in [0.5, 0.6) is 0 Å². The first-order chi connectivity index (χ1) is 9.76. The molecule has 0 saturated heterocycles. The second-order valence-corrected chi connectivity index (χ2v) is 5.75. The van der Waals surface area contributed by atoms with Crippen LogP contribution in [0.25, 0.3) is 10.9 Å². The number of hydrogen-bond donors (Lipinski definition) is 2. The van der Waals surface area contributed by atoms with Gasteiger partial charge >= 0.3 is 0 Å². The molecule has 1 heterocycles. The second-order valence-electron chi connectivity index (χ2n) is 5.75. The Hall–Kier alpha value is -1.68. The van der Waals surface area contributed by atoms with Gasteiger partial charge in [-0.25, -0.2) is 9.97 Å². The van der Waals surface area contributed by atoms with Crippen molar-refractivity contribution in [3.63, 3.8) is 0 Å². The summed E-state index contributed by atoms with van der Waals surface area (Å²) in [6.45, 7) is 2.86. The quantitative estimate of drug-likeness (QED) is 0.900. The number of benzene rings is 1. The summed E-state index contributed by atoms with van der Waals surface area (Å²) >= 11 is 0. The lowest BCUT2D eigenvalue weighted by Gasteiger charge is -2.28. The molecule has 0 spiro atoms. The van der Waals surface area contributed by atoms with Crippen molar-refractivity contribution >= 4 is 16.9 Å². The molecule has 106 valence electrons. The van der Waals surface area contributed by atoms with E-state index in [0.717, 1.165) is 41.9 Å². The first-order valence-corrected chi connectivity index (χ1v) is 7.46. The van der Waals surface area contributed by atoms with Gasteiger partial charge in [-0.15, -0.1) is 0 Å². The van der Waals surface area contributed by atoms with Crippen molar-refractivity contribution in [1.82, 2.24) is 9.97 Å². The Balaban J connectivity index is 1.75. The summed E-state index contributed by atoms with van der Waals surface area (Å²) in [7, 11) is 0. The van der Waals surface area contributed by atoms with Gasteiger partial charge in [0.25, 0.3) is 0 Å². The van der Waals surface area contributed by atoms with E-state index in [-0.39, 0.29) is 0 Å². The monoisotopic (exact) mass is 270 g/mol. The molecule has 1 aromatic heterocycles. The van der Waals surface area contributed by atoms with Gasteiger partial charge in [0.05, 0.1) is 11.2 Å². The van der Waals surface area contributed by atoms with Crippen LogP contribution in [0.2, 0.25) is 0 Å². The third-order valence-corrected chi connectivity index (χ3v) is 4.31. The summed E-state index contributed by atoms with van der Waals surface area (Å²) in [5.41, 5.74) is 7.79. The zero-order valence-corrected chi connectivity index (χ0v) is 12.0. The summed E-state index contributed by atoms with van der Waals surface area (Å²) < 4.78 is 0. The van der Waals surface area contributed by atoms with E-state index >= 15 is 0 Å². The summed E-state index contributed by atoms with van der Waals surface area (Å²) in [5.74, 6) is 1.46. The topological polar surface area (TPSA) is 63.8 Å². The van der Waals surface area contributed by atoms with E-state index in [0.29, 0.717) is 12.0 Å². The number of aryl methyl sites for hydroxylation is 1. The standard InChI is InChI=1S/C16H22N4/c1-11-14-4-2-3-5-15(14)20-16(18-11)19-13-8-6-12(10-17)7-9-13/h2-5,12-13H,6-10,17H2,1H3,(H,18,19,20)/t12-,13-. The van der Waals surface area contributed by atoms with Crippen molar-refractivity contribution in [2.45, 2.75) is 38.6 Å². The molecule has 3 rings (SSSR count). The maximum absolute atomic E-state index is 5.74. The van der Waals surface area contributed by atoms with Crippen LogP contribution in [-0.2, 0) is 0 Å². The lowest BCUT2D eigenvalue weighted by Crippen LogP contribution is -2.29. The molecule has 1 saturated carbocycles. The van der Waals surface area contributed by atoms with Crippen LogP contribution in [0.4, 0.5) is 5.95 Å². The zero-order valence-electron chi connectivity index (χ0n) is 12.0. The normalized spacial score (nSPS) is 22.9. The third-order valence-electron chi connectivity index (χ3n) is 4.31. The van der Waals surface area contributed by atoms with E-state index in [1.807, 2.05) is 25.1 Å². The van der Waals surface area contributed by atoms with Gasteiger partial charge in [0.1, 0.15) is 0 Å². The average Bonchev–Trinajstić information content (AvgIpc) is 2.48. The molecular formula is C16H22N4. The van der Waals surface area contributed by atoms with Crippen LogP contribution in [0.1, 0.15) is 31.4 Å². The summed E-state index contributed by atoms with van der Waals surface area (Å²) in [4.78, 5) is 9.21. The minimum Gasteiger partial charge on any atom is -0.351 e. The lowest BCUT2D eigenvalue weighted by molar-refractivity contribution is 0.344. The van der Waals surface area contributed by atoms with Gasteiger partial charge in [-0.3, -0.25) is 0 Å². The fraction of sp³-hybridized carbons (Fsp3) is 0.500. The van der Waals surface area contributed by atoms with E-state index < -0.39 is 0 Å². The highest BCUT2D eigenvalue weighted by atomic mass is 15.1. The molecule has 4 heteroatoms. The van der Waals surface area contributed by atoms with Gasteiger partial charge in [-0.05, 0) is 51.1 Å². The molecule has 0 atom stereocenters. The third kappa shape index (κ3) is 2.75. The van der Waals surface area contributed by atoms with Crippen molar-refractivity contribution < 1.29 is 0 Å². The fourth-order valence-corrected chi connectivity index (χ4v) is 3.02. The van der Waals surface area contributed by atoms with Crippen molar-refractivity contribution in [2.75, 3.05) is 11.9 Å². The number of anilines is 1. The zero-order chi connectivity index (χ0) is 13.9. The SMILES string of the molecule is Cc1nc(N[C@H]2CC[C@H](CN)CC2)nc2ccccc12. The average molecular weight is 270 g/mol. The minimum atomic E-state index is 0.485. The first-order valence-electron chi connectivity index (χ1n) is 7.46. The van der Waals surface area contributed by atoms with Gasteiger partial charge in [0.15, 0.2) is 0 Å². The molecule has 0 unspecified atom stereocenters. The minimum absolute atomic E-state index is 0.485. The van der Waals surface area contributed by atoms with Gasteiger partial charge in [0, 0.05) is 11.4 Å². The smallest absolute Gasteiger partial charge is 0.223 e. The molecule has 2 aromatic rings. The molecule has 1 fully saturated rings. The largest absolute Gasteiger partial charge is 0.351 e. The van der Waals surface area contributed by atoms with E-state index in [4.69, 9.17) is 5.73 Å². The van der Waals surface area contributed by atoms with Crippen LogP contribution in [0, 0.1) is 12.8 Å². The Kier molecular flexibility index (Phi) is 3.83. The Morgan fingerprint density at radius 3 is 2.65 bits per heavy atom. The van der Waals surface area contributed by atoms with E-state index in [1.165, 1.54) is 12.8 Å². The molecule has 3 N–H and O–H groups in total. The Morgan fingerprint density at radius 2 is 1.90 bits per heavy atom.